The fourth-order valence-electron chi connectivity index (χ4n) is 3.01. The van der Waals surface area contributed by atoms with Gasteiger partial charge in [-0.05, 0) is 30.7 Å². The number of carbonyl (C=O) groups is 3. The Morgan fingerprint density at radius 1 is 1.19 bits per heavy atom. The largest absolute Gasteiger partial charge is 0.477 e. The summed E-state index contributed by atoms with van der Waals surface area (Å²) in [5.41, 5.74) is -0.139. The minimum Gasteiger partial charge on any atom is -0.477 e. The minimum atomic E-state index is -1.35. The first-order valence-corrected chi connectivity index (χ1v) is 9.35. The van der Waals surface area contributed by atoms with Crippen LogP contribution >= 0.6 is 0 Å². The van der Waals surface area contributed by atoms with E-state index in [4.69, 9.17) is 5.11 Å². The van der Waals surface area contributed by atoms with Crippen LogP contribution in [-0.4, -0.2) is 54.4 Å². The first-order chi connectivity index (χ1) is 14.9. The van der Waals surface area contributed by atoms with Crippen molar-refractivity contribution in [3.8, 4) is 11.4 Å². The number of aromatic carboxylic acids is 1. The maximum Gasteiger partial charge on any atom is 0.342 e. The Balaban J connectivity index is 0.000000478. The number of nitrogens with one attached hydrogen (secondary N) is 2. The molecule has 1 aromatic carbocycles. The van der Waals surface area contributed by atoms with Crippen LogP contribution in [0.1, 0.15) is 30.1 Å². The number of carbonyl (C=O) groups excluding carboxylic acids is 2. The van der Waals surface area contributed by atoms with Crippen LogP contribution in [0.5, 0.6) is 0 Å². The van der Waals surface area contributed by atoms with Gasteiger partial charge in [0.2, 0.25) is 11.8 Å². The highest BCUT2D eigenvalue weighted by molar-refractivity contribution is 5.95. The lowest BCUT2D eigenvalue weighted by atomic mass is 10.2. The Bertz CT molecular complexity index is 1110. The van der Waals surface area contributed by atoms with Crippen LogP contribution < -0.4 is 10.6 Å². The Morgan fingerprint density at radius 3 is 2.39 bits per heavy atom. The van der Waals surface area contributed by atoms with Gasteiger partial charge in [0, 0.05) is 44.0 Å². The molecule has 11 heteroatoms. The van der Waals surface area contributed by atoms with E-state index in [0.717, 1.165) is 6.20 Å². The number of carboxylic acids is 1. The average molecular weight is 424 g/mol. The Labute approximate surface area is 176 Å². The normalized spacial score (nSPS) is 12.8. The standard InChI is InChI=1S/C17H16N4O5.C3H4N2/c1-10(22)21(20-8-2-3-14(20)23)12-6-4-11(5-7-12)15-18-9-13(17(25)26)16(24)19-15;1-2-5-3-4-1/h4-7,9H,2-3,8H2,1H3,(H,25,26)(H,18,19,24);1-3H,(H,4,5). The summed E-state index contributed by atoms with van der Waals surface area (Å²) in [6, 6.07) is 6.52. The molecule has 0 unspecified atom stereocenters. The smallest absolute Gasteiger partial charge is 0.342 e. The molecule has 31 heavy (non-hydrogen) atoms. The minimum absolute atomic E-state index is 0.112. The first kappa shape index (κ1) is 21.4. The van der Waals surface area contributed by atoms with E-state index in [0.29, 0.717) is 30.6 Å². The summed E-state index contributed by atoms with van der Waals surface area (Å²) in [4.78, 5) is 59.3. The van der Waals surface area contributed by atoms with Crippen molar-refractivity contribution in [2.45, 2.75) is 19.8 Å². The lowest BCUT2D eigenvalue weighted by molar-refractivity contribution is -0.133. The third kappa shape index (κ3) is 5.01. The van der Waals surface area contributed by atoms with Crippen LogP contribution in [0.15, 0.2) is 54.0 Å². The van der Waals surface area contributed by atoms with E-state index >= 15 is 0 Å². The van der Waals surface area contributed by atoms with Crippen molar-refractivity contribution in [1.82, 2.24) is 24.9 Å². The van der Waals surface area contributed by atoms with E-state index in [1.807, 2.05) is 0 Å². The van der Waals surface area contributed by atoms with Gasteiger partial charge in [-0.1, -0.05) is 0 Å². The van der Waals surface area contributed by atoms with Gasteiger partial charge < -0.3 is 15.1 Å². The zero-order valence-electron chi connectivity index (χ0n) is 16.6. The number of H-pyrrole nitrogens is 2. The number of hydrazine groups is 1. The average Bonchev–Trinajstić information content (AvgIpc) is 3.44. The van der Waals surface area contributed by atoms with Crippen LogP contribution in [0.2, 0.25) is 0 Å². The fourth-order valence-corrected chi connectivity index (χ4v) is 3.01. The molecular weight excluding hydrogens is 404 g/mol. The van der Waals surface area contributed by atoms with Crippen LogP contribution in [0.3, 0.4) is 0 Å². The molecule has 1 aliphatic rings. The maximum atomic E-state index is 12.0. The molecule has 0 radical (unpaired) electrons. The van der Waals surface area contributed by atoms with E-state index in [9.17, 15) is 19.2 Å². The van der Waals surface area contributed by atoms with Crippen LogP contribution in [0, 0.1) is 0 Å². The Kier molecular flexibility index (Phi) is 6.55. The zero-order chi connectivity index (χ0) is 22.4. The maximum absolute atomic E-state index is 12.0. The number of amides is 2. The van der Waals surface area contributed by atoms with Crippen molar-refractivity contribution in [3.05, 3.63) is 65.1 Å². The molecule has 1 fully saturated rings. The second kappa shape index (κ2) is 9.48. The summed E-state index contributed by atoms with van der Waals surface area (Å²) in [6.07, 6.45) is 7.18. The number of nitrogens with zero attached hydrogens (tertiary/aromatic N) is 4. The van der Waals surface area contributed by atoms with Crippen molar-refractivity contribution in [3.63, 3.8) is 0 Å². The summed E-state index contributed by atoms with van der Waals surface area (Å²) in [7, 11) is 0. The molecule has 3 heterocycles. The number of hydrogen-bond donors (Lipinski definition) is 3. The van der Waals surface area contributed by atoms with Gasteiger partial charge in [-0.25, -0.2) is 24.8 Å². The lowest BCUT2D eigenvalue weighted by Gasteiger charge is -2.30. The molecule has 1 saturated heterocycles. The van der Waals surface area contributed by atoms with Gasteiger partial charge in [-0.15, -0.1) is 0 Å². The number of hydrogen-bond acceptors (Lipinski definition) is 6. The van der Waals surface area contributed by atoms with Gasteiger partial charge in [0.05, 0.1) is 12.0 Å². The van der Waals surface area contributed by atoms with Crippen molar-refractivity contribution in [2.75, 3.05) is 11.6 Å². The highest BCUT2D eigenvalue weighted by Crippen LogP contribution is 2.24. The molecule has 0 saturated carbocycles. The molecule has 0 aliphatic carbocycles. The van der Waals surface area contributed by atoms with Crippen molar-refractivity contribution in [2.24, 2.45) is 0 Å². The van der Waals surface area contributed by atoms with Gasteiger partial charge in [-0.2, -0.15) is 0 Å². The molecule has 2 amide bonds. The summed E-state index contributed by atoms with van der Waals surface area (Å²) in [5.74, 6) is -1.55. The van der Waals surface area contributed by atoms with Gasteiger partial charge in [0.15, 0.2) is 0 Å². The van der Waals surface area contributed by atoms with Gasteiger partial charge in [-0.3, -0.25) is 14.4 Å². The number of rotatable bonds is 4. The SMILES string of the molecule is CC(=O)N(c1ccc(-c2ncc(C(=O)O)c(=O)[nH]2)cc1)N1CCCC1=O.c1c[nH]cn1. The molecule has 0 bridgehead atoms. The van der Waals surface area contributed by atoms with Gasteiger partial charge >= 0.3 is 5.97 Å². The Morgan fingerprint density at radius 2 is 1.94 bits per heavy atom. The van der Waals surface area contributed by atoms with Crippen molar-refractivity contribution >= 4 is 23.5 Å². The molecule has 0 atom stereocenters. The molecule has 4 rings (SSSR count). The molecule has 3 aromatic rings. The highest BCUT2D eigenvalue weighted by Gasteiger charge is 2.29. The molecule has 3 N–H and O–H groups in total. The van der Waals surface area contributed by atoms with Crippen LogP contribution in [-0.2, 0) is 9.59 Å². The molecule has 0 spiro atoms. The summed E-state index contributed by atoms with van der Waals surface area (Å²) < 4.78 is 0. The monoisotopic (exact) mass is 424 g/mol. The van der Waals surface area contributed by atoms with E-state index < -0.39 is 17.1 Å². The molecule has 160 valence electrons. The fraction of sp³-hybridized carbons (Fsp3) is 0.200. The third-order valence-corrected chi connectivity index (χ3v) is 4.41. The second-order valence-electron chi connectivity index (χ2n) is 6.54. The summed E-state index contributed by atoms with van der Waals surface area (Å²) in [5, 5.41) is 11.6. The predicted octanol–water partition coefficient (Wildman–Crippen LogP) is 1.44. The molecule has 2 aromatic heterocycles. The van der Waals surface area contributed by atoms with Crippen LogP contribution in [0.4, 0.5) is 5.69 Å². The predicted molar refractivity (Wildman–Crippen MR) is 110 cm³/mol. The van der Waals surface area contributed by atoms with Gasteiger partial charge in [0.1, 0.15) is 11.4 Å². The lowest BCUT2D eigenvalue weighted by Crippen LogP contribution is -2.46. The van der Waals surface area contributed by atoms with E-state index in [1.54, 1.807) is 43.0 Å². The van der Waals surface area contributed by atoms with E-state index in [1.165, 1.54) is 16.9 Å². The first-order valence-electron chi connectivity index (χ1n) is 9.35. The van der Waals surface area contributed by atoms with Crippen molar-refractivity contribution < 1.29 is 19.5 Å². The second-order valence-corrected chi connectivity index (χ2v) is 6.54. The quantitative estimate of drug-likeness (QED) is 0.573. The summed E-state index contributed by atoms with van der Waals surface area (Å²) >= 11 is 0. The number of aromatic nitrogens is 4. The number of carboxylic acid groups (broad SMARTS) is 1. The van der Waals surface area contributed by atoms with Gasteiger partial charge in [0.25, 0.3) is 5.56 Å². The van der Waals surface area contributed by atoms with Crippen molar-refractivity contribution in [1.29, 1.82) is 0 Å². The topological polar surface area (TPSA) is 152 Å². The van der Waals surface area contributed by atoms with E-state index in [2.05, 4.69) is 19.9 Å². The number of anilines is 1. The number of benzene rings is 1. The molecular formula is C20H20N6O5. The van der Waals surface area contributed by atoms with Crippen LogP contribution in [0.25, 0.3) is 11.4 Å². The third-order valence-electron chi connectivity index (χ3n) is 4.41. The molecule has 1 aliphatic heterocycles. The zero-order valence-corrected chi connectivity index (χ0v) is 16.6. The number of aromatic amines is 2. The summed E-state index contributed by atoms with van der Waals surface area (Å²) in [6.45, 7) is 1.86. The number of imidazole rings is 1. The molecule has 11 nitrogen and oxygen atoms in total. The highest BCUT2D eigenvalue weighted by atomic mass is 16.4. The Hall–Kier alpha value is -4.28. The van der Waals surface area contributed by atoms with E-state index in [-0.39, 0.29) is 17.6 Å².